The van der Waals surface area contributed by atoms with Gasteiger partial charge in [0, 0.05) is 18.3 Å². The number of aliphatic hydroxyl groups is 1. The van der Waals surface area contributed by atoms with E-state index >= 15 is 0 Å². The van der Waals surface area contributed by atoms with Crippen LogP contribution < -0.4 is 4.74 Å². The topological polar surface area (TPSA) is 63.6 Å². The quantitative estimate of drug-likeness (QED) is 0.321. The maximum absolute atomic E-state index is 12.4. The van der Waals surface area contributed by atoms with Crippen molar-refractivity contribution in [3.05, 3.63) is 41.0 Å². The van der Waals surface area contributed by atoms with E-state index in [4.69, 9.17) is 11.2 Å². The summed E-state index contributed by atoms with van der Waals surface area (Å²) in [5.74, 6) is 10.8. The number of allylic oxidation sites excluding steroid dienone is 1. The smallest absolute Gasteiger partial charge is 0.155 e. The number of ketones is 2. The number of carbonyl (C=O) groups is 2. The van der Waals surface area contributed by atoms with Crippen molar-refractivity contribution in [2.24, 2.45) is 63.6 Å². The molecule has 1 aromatic carbocycles. The lowest BCUT2D eigenvalue weighted by Gasteiger charge is -2.59. The molecule has 6 saturated carbocycles. The van der Waals surface area contributed by atoms with E-state index in [0.717, 1.165) is 80.8 Å². The molecule has 0 spiro atoms. The van der Waals surface area contributed by atoms with Crippen LogP contribution in [0.5, 0.6) is 5.75 Å². The van der Waals surface area contributed by atoms with E-state index in [9.17, 15) is 14.7 Å². The molecule has 4 nitrogen and oxygen atoms in total. The first-order valence-corrected chi connectivity index (χ1v) is 21.0. The Morgan fingerprint density at radius 1 is 0.902 bits per heavy atom. The van der Waals surface area contributed by atoms with Crippen molar-refractivity contribution in [2.75, 3.05) is 7.11 Å². The number of benzene rings is 1. The van der Waals surface area contributed by atoms with Crippen LogP contribution >= 0.6 is 0 Å². The molecule has 4 heteroatoms. The molecule has 0 heterocycles. The van der Waals surface area contributed by atoms with Gasteiger partial charge in [0.25, 0.3) is 0 Å². The first kappa shape index (κ1) is 35.6. The van der Waals surface area contributed by atoms with Crippen molar-refractivity contribution in [1.82, 2.24) is 0 Å². The minimum absolute atomic E-state index is 0.104. The average Bonchev–Trinajstić information content (AvgIpc) is 3.55. The fourth-order valence-corrected chi connectivity index (χ4v) is 15.4. The second-order valence-corrected chi connectivity index (χ2v) is 19.5. The van der Waals surface area contributed by atoms with Gasteiger partial charge in [-0.2, -0.15) is 0 Å². The van der Waals surface area contributed by atoms with Gasteiger partial charge >= 0.3 is 0 Å². The largest absolute Gasteiger partial charge is 0.497 e. The molecule has 276 valence electrons. The molecule has 8 aliphatic rings. The third-order valence-electron chi connectivity index (χ3n) is 17.8. The summed E-state index contributed by atoms with van der Waals surface area (Å²) in [6.45, 7) is 9.06. The number of Topliss-reactive ketones (excluding diaryl/α,β-unsaturated/α-hetero) is 1. The summed E-state index contributed by atoms with van der Waals surface area (Å²) in [6.07, 6.45) is 27.5. The Kier molecular flexibility index (Phi) is 9.01. The fraction of sp³-hybridized carbons (Fsp3) is 0.745. The van der Waals surface area contributed by atoms with Crippen molar-refractivity contribution >= 4 is 11.6 Å². The van der Waals surface area contributed by atoms with Gasteiger partial charge in [0.1, 0.15) is 17.1 Å². The monoisotopic (exact) mass is 692 g/mol. The summed E-state index contributed by atoms with van der Waals surface area (Å²) in [5.41, 5.74) is 4.11. The summed E-state index contributed by atoms with van der Waals surface area (Å²) >= 11 is 0. The van der Waals surface area contributed by atoms with Gasteiger partial charge in [0.05, 0.1) is 7.11 Å². The SMILES string of the molecule is C#CC1(O)CC[C@H]2[C@H]3CCc4cc(OC)ccc4[C@H]3CC[C@@]21C.CC(=O)C[C@@]12CCCC[C@@H]1C[C@@H]1[C@@H]3C[C@H](C)C4=CC(=O)CCC4[C@H]3CC[C@@]12C. The predicted octanol–water partition coefficient (Wildman–Crippen LogP) is 10.1. The Labute approximate surface area is 308 Å². The lowest BCUT2D eigenvalue weighted by Crippen LogP contribution is -2.52. The van der Waals surface area contributed by atoms with Crippen LogP contribution in [0, 0.1) is 75.9 Å². The van der Waals surface area contributed by atoms with Crippen molar-refractivity contribution in [3.63, 3.8) is 0 Å². The highest BCUT2D eigenvalue weighted by Gasteiger charge is 2.67. The first-order chi connectivity index (χ1) is 24.4. The summed E-state index contributed by atoms with van der Waals surface area (Å²) < 4.78 is 5.39. The number of rotatable bonds is 3. The number of ether oxygens (including phenoxy) is 1. The van der Waals surface area contributed by atoms with Gasteiger partial charge in [-0.3, -0.25) is 4.79 Å². The number of terminal acetylenes is 1. The number of hydrogen-bond acceptors (Lipinski definition) is 4. The molecular weight excluding hydrogens is 629 g/mol. The Hall–Kier alpha value is -2.38. The van der Waals surface area contributed by atoms with Gasteiger partial charge < -0.3 is 14.6 Å². The van der Waals surface area contributed by atoms with Gasteiger partial charge in [-0.05, 0) is 184 Å². The molecule has 0 aromatic heterocycles. The minimum atomic E-state index is -0.900. The van der Waals surface area contributed by atoms with Crippen LogP contribution in [-0.2, 0) is 16.0 Å². The third kappa shape index (κ3) is 5.31. The lowest BCUT2D eigenvalue weighted by atomic mass is 9.45. The standard InChI is InChI=1S/C26H38O2.C21H26O2/c1-16-12-23-21(20-8-7-19(28)14-22(16)20)9-11-25(3)24(23)13-18-6-4-5-10-26(18,25)15-17(2)27;1-4-21(22)12-10-19-18-7-5-14-13-15(23-3)6-8-16(14)17(18)9-11-20(19,21)2/h14,16,18,20-21,23-24H,4-13,15H2,1-3H3;1,6,8,13,17-19,22H,5,7,9-12H2,2-3H3/t16-,18+,20?,21+,23+,24+,25-,26-;17-,18+,19+,20+,21?/m01/s1. The first-order valence-electron chi connectivity index (χ1n) is 21.0. The molecule has 6 fully saturated rings. The average molecular weight is 693 g/mol. The highest BCUT2D eigenvalue weighted by atomic mass is 16.5. The van der Waals surface area contributed by atoms with E-state index in [1.807, 2.05) is 13.0 Å². The fourth-order valence-electron chi connectivity index (χ4n) is 15.4. The Bertz CT molecular complexity index is 1630. The highest BCUT2D eigenvalue weighted by Crippen LogP contribution is 2.74. The van der Waals surface area contributed by atoms with Crippen LogP contribution in [0.15, 0.2) is 29.8 Å². The number of hydrogen-bond donors (Lipinski definition) is 1. The molecule has 1 aromatic rings. The lowest BCUT2D eigenvalue weighted by molar-refractivity contribution is -0.129. The zero-order valence-electron chi connectivity index (χ0n) is 32.3. The van der Waals surface area contributed by atoms with Gasteiger partial charge in [-0.25, -0.2) is 0 Å². The van der Waals surface area contributed by atoms with Gasteiger partial charge in [-0.1, -0.05) is 51.2 Å². The van der Waals surface area contributed by atoms with Crippen LogP contribution in [0.2, 0.25) is 0 Å². The predicted molar refractivity (Wildman–Crippen MR) is 203 cm³/mol. The molecule has 8 aliphatic carbocycles. The molecule has 2 unspecified atom stereocenters. The van der Waals surface area contributed by atoms with E-state index < -0.39 is 5.60 Å². The maximum atomic E-state index is 12.4. The van der Waals surface area contributed by atoms with Crippen molar-refractivity contribution in [3.8, 4) is 18.1 Å². The zero-order valence-corrected chi connectivity index (χ0v) is 32.3. The Morgan fingerprint density at radius 3 is 2.47 bits per heavy atom. The van der Waals surface area contributed by atoms with Crippen molar-refractivity contribution < 1.29 is 19.4 Å². The van der Waals surface area contributed by atoms with Gasteiger partial charge in [-0.15, -0.1) is 6.42 Å². The molecule has 1 N–H and O–H groups in total. The third-order valence-corrected chi connectivity index (χ3v) is 17.8. The van der Waals surface area contributed by atoms with Crippen LogP contribution in [0.3, 0.4) is 0 Å². The number of aryl methyl sites for hydroxylation is 1. The number of carbonyl (C=O) groups excluding carboxylic acids is 2. The highest BCUT2D eigenvalue weighted by molar-refractivity contribution is 5.91. The van der Waals surface area contributed by atoms with E-state index in [2.05, 4.69) is 44.9 Å². The van der Waals surface area contributed by atoms with E-state index in [1.54, 1.807) is 7.11 Å². The van der Waals surface area contributed by atoms with E-state index in [0.29, 0.717) is 46.6 Å². The minimum Gasteiger partial charge on any atom is -0.497 e. The molecule has 13 atom stereocenters. The van der Waals surface area contributed by atoms with Crippen LogP contribution in [0.25, 0.3) is 0 Å². The second kappa shape index (κ2) is 12.9. The maximum Gasteiger partial charge on any atom is 0.155 e. The number of fused-ring (bicyclic) bond motifs is 12. The Morgan fingerprint density at radius 2 is 1.71 bits per heavy atom. The van der Waals surface area contributed by atoms with Crippen LogP contribution in [-0.4, -0.2) is 29.4 Å². The summed E-state index contributed by atoms with van der Waals surface area (Å²) in [5, 5.41) is 11.0. The summed E-state index contributed by atoms with van der Waals surface area (Å²) in [6, 6.07) is 6.59. The zero-order chi connectivity index (χ0) is 35.9. The summed E-state index contributed by atoms with van der Waals surface area (Å²) in [7, 11) is 1.73. The molecule has 0 amide bonds. The van der Waals surface area contributed by atoms with Crippen LogP contribution in [0.4, 0.5) is 0 Å². The normalized spacial score (nSPS) is 46.2. The molecule has 51 heavy (non-hydrogen) atoms. The van der Waals surface area contributed by atoms with Gasteiger partial charge in [0.15, 0.2) is 5.78 Å². The molecule has 9 rings (SSSR count). The van der Waals surface area contributed by atoms with Gasteiger partial charge in [0.2, 0.25) is 0 Å². The van der Waals surface area contributed by atoms with Crippen molar-refractivity contribution in [2.45, 2.75) is 148 Å². The molecule has 0 saturated heterocycles. The molecular formula is C47H64O4. The molecule has 0 aliphatic heterocycles. The van der Waals surface area contributed by atoms with E-state index in [1.165, 1.54) is 74.5 Å². The molecule has 0 bridgehead atoms. The van der Waals surface area contributed by atoms with E-state index in [-0.39, 0.29) is 10.8 Å². The Balaban J connectivity index is 0.000000150. The van der Waals surface area contributed by atoms with Crippen LogP contribution in [0.1, 0.15) is 147 Å². The second-order valence-electron chi connectivity index (χ2n) is 19.5. The summed E-state index contributed by atoms with van der Waals surface area (Å²) in [4.78, 5) is 24.4. The van der Waals surface area contributed by atoms with Crippen molar-refractivity contribution in [1.29, 1.82) is 0 Å². The molecule has 0 radical (unpaired) electrons. The number of methoxy groups -OCH3 is 1.